The zero-order chi connectivity index (χ0) is 13.3. The van der Waals surface area contributed by atoms with Crippen molar-refractivity contribution in [3.8, 4) is 0 Å². The van der Waals surface area contributed by atoms with Crippen LogP contribution in [0.15, 0.2) is 15.9 Å². The summed E-state index contributed by atoms with van der Waals surface area (Å²) in [4.78, 5) is 15.2. The highest BCUT2D eigenvalue weighted by atomic mass is 79.9. The Morgan fingerprint density at radius 3 is 2.83 bits per heavy atom. The minimum Gasteiger partial charge on any atom is -0.444 e. The van der Waals surface area contributed by atoms with Gasteiger partial charge in [-0.05, 0) is 61.0 Å². The Balaban J connectivity index is 2.13. The summed E-state index contributed by atoms with van der Waals surface area (Å²) < 4.78 is 6.56. The van der Waals surface area contributed by atoms with Crippen molar-refractivity contribution in [3.05, 3.63) is 20.8 Å². The van der Waals surface area contributed by atoms with Crippen molar-refractivity contribution in [1.29, 1.82) is 0 Å². The Labute approximate surface area is 120 Å². The Morgan fingerprint density at radius 1 is 1.56 bits per heavy atom. The molecule has 1 fully saturated rings. The molecular formula is C13H18BrNO2S. The molecule has 0 saturated carbocycles. The smallest absolute Gasteiger partial charge is 0.410 e. The van der Waals surface area contributed by atoms with Crippen LogP contribution in [0.2, 0.25) is 0 Å². The Kier molecular flexibility index (Phi) is 4.02. The summed E-state index contributed by atoms with van der Waals surface area (Å²) >= 11 is 5.24. The topological polar surface area (TPSA) is 29.5 Å². The first-order valence-corrected chi connectivity index (χ1v) is 7.78. The van der Waals surface area contributed by atoms with E-state index in [-0.39, 0.29) is 12.1 Å². The van der Waals surface area contributed by atoms with Crippen LogP contribution < -0.4 is 0 Å². The van der Waals surface area contributed by atoms with E-state index in [2.05, 4.69) is 15.9 Å². The molecule has 1 amide bonds. The number of ether oxygens (including phenoxy) is 1. The molecule has 0 N–H and O–H groups in total. The van der Waals surface area contributed by atoms with E-state index in [0.717, 1.165) is 23.9 Å². The lowest BCUT2D eigenvalue weighted by Crippen LogP contribution is -2.36. The fraction of sp³-hybridized carbons (Fsp3) is 0.615. The van der Waals surface area contributed by atoms with Crippen molar-refractivity contribution >= 4 is 33.4 Å². The predicted molar refractivity (Wildman–Crippen MR) is 76.9 cm³/mol. The molecule has 2 heterocycles. The maximum atomic E-state index is 12.2. The average Bonchev–Trinajstić information content (AvgIpc) is 2.82. The normalized spacial score (nSPS) is 20.2. The lowest BCUT2D eigenvalue weighted by Gasteiger charge is -2.28. The van der Waals surface area contributed by atoms with Gasteiger partial charge in [0.05, 0.1) is 6.04 Å². The summed E-state index contributed by atoms with van der Waals surface area (Å²) in [5.74, 6) is 0. The van der Waals surface area contributed by atoms with Crippen LogP contribution >= 0.6 is 27.3 Å². The van der Waals surface area contributed by atoms with Gasteiger partial charge < -0.3 is 9.64 Å². The summed E-state index contributed by atoms with van der Waals surface area (Å²) in [6, 6.07) is 2.19. The fourth-order valence-corrected chi connectivity index (χ4v) is 3.91. The molecule has 0 aliphatic carbocycles. The standard InChI is InChI=1S/C13H18BrNO2S/c1-13(2,3)17-12(16)15-7-4-5-10(15)11-9(14)6-8-18-11/h6,8,10H,4-5,7H2,1-3H3/t10-/m0/s1. The van der Waals surface area contributed by atoms with E-state index in [4.69, 9.17) is 4.74 Å². The van der Waals surface area contributed by atoms with Crippen molar-refractivity contribution < 1.29 is 9.53 Å². The second kappa shape index (κ2) is 5.21. The van der Waals surface area contributed by atoms with Crippen LogP contribution in [-0.4, -0.2) is 23.1 Å². The van der Waals surface area contributed by atoms with E-state index in [9.17, 15) is 4.79 Å². The molecule has 5 heteroatoms. The van der Waals surface area contributed by atoms with Crippen molar-refractivity contribution in [2.24, 2.45) is 0 Å². The van der Waals surface area contributed by atoms with Crippen molar-refractivity contribution in [1.82, 2.24) is 4.90 Å². The van der Waals surface area contributed by atoms with Crippen LogP contribution in [-0.2, 0) is 4.74 Å². The van der Waals surface area contributed by atoms with Crippen LogP contribution in [0, 0.1) is 0 Å². The Bertz CT molecular complexity index is 438. The number of carbonyl (C=O) groups excluding carboxylic acids is 1. The quantitative estimate of drug-likeness (QED) is 0.753. The first kappa shape index (κ1) is 13.9. The van der Waals surface area contributed by atoms with Crippen LogP contribution in [0.4, 0.5) is 4.79 Å². The molecule has 1 aromatic rings. The van der Waals surface area contributed by atoms with Gasteiger partial charge >= 0.3 is 6.09 Å². The molecule has 1 aliphatic rings. The maximum absolute atomic E-state index is 12.2. The number of amides is 1. The second-order valence-corrected chi connectivity index (χ2v) is 7.27. The zero-order valence-corrected chi connectivity index (χ0v) is 13.3. The number of halogens is 1. The summed E-state index contributed by atoms with van der Waals surface area (Å²) in [6.45, 7) is 6.48. The highest BCUT2D eigenvalue weighted by molar-refractivity contribution is 9.10. The van der Waals surface area contributed by atoms with E-state index < -0.39 is 5.60 Å². The first-order chi connectivity index (χ1) is 8.38. The van der Waals surface area contributed by atoms with Crippen LogP contribution in [0.3, 0.4) is 0 Å². The van der Waals surface area contributed by atoms with Gasteiger partial charge in [-0.1, -0.05) is 0 Å². The number of carbonyl (C=O) groups is 1. The van der Waals surface area contributed by atoms with Gasteiger partial charge in [0.25, 0.3) is 0 Å². The maximum Gasteiger partial charge on any atom is 0.410 e. The lowest BCUT2D eigenvalue weighted by atomic mass is 10.2. The number of hydrogen-bond acceptors (Lipinski definition) is 3. The van der Waals surface area contributed by atoms with Crippen molar-refractivity contribution in [3.63, 3.8) is 0 Å². The van der Waals surface area contributed by atoms with Crippen LogP contribution in [0.5, 0.6) is 0 Å². The van der Waals surface area contributed by atoms with Gasteiger partial charge in [0.1, 0.15) is 5.60 Å². The highest BCUT2D eigenvalue weighted by Gasteiger charge is 2.34. The molecule has 0 radical (unpaired) electrons. The molecule has 2 rings (SSSR count). The molecule has 1 aliphatic heterocycles. The summed E-state index contributed by atoms with van der Waals surface area (Å²) in [5.41, 5.74) is -0.434. The number of likely N-dealkylation sites (tertiary alicyclic amines) is 1. The molecule has 3 nitrogen and oxygen atoms in total. The molecule has 1 aromatic heterocycles. The van der Waals surface area contributed by atoms with E-state index >= 15 is 0 Å². The highest BCUT2D eigenvalue weighted by Crippen LogP contribution is 2.39. The summed E-state index contributed by atoms with van der Waals surface area (Å²) in [5, 5.41) is 2.05. The molecule has 0 unspecified atom stereocenters. The van der Waals surface area contributed by atoms with Gasteiger partial charge in [0.2, 0.25) is 0 Å². The number of thiophene rings is 1. The monoisotopic (exact) mass is 331 g/mol. The van der Waals surface area contributed by atoms with Gasteiger partial charge in [-0.25, -0.2) is 4.79 Å². The van der Waals surface area contributed by atoms with Gasteiger partial charge in [0.15, 0.2) is 0 Å². The third-order valence-corrected chi connectivity index (χ3v) is 4.80. The van der Waals surface area contributed by atoms with Crippen molar-refractivity contribution in [2.45, 2.75) is 45.3 Å². The summed E-state index contributed by atoms with van der Waals surface area (Å²) in [7, 11) is 0. The molecule has 100 valence electrons. The molecule has 1 atom stereocenters. The molecule has 0 aromatic carbocycles. The molecule has 0 bridgehead atoms. The van der Waals surface area contributed by atoms with Crippen LogP contribution in [0.1, 0.15) is 44.5 Å². The summed E-state index contributed by atoms with van der Waals surface area (Å²) in [6.07, 6.45) is 1.84. The van der Waals surface area contributed by atoms with E-state index in [1.54, 1.807) is 11.3 Å². The van der Waals surface area contributed by atoms with Gasteiger partial charge in [-0.15, -0.1) is 11.3 Å². The molecule has 1 saturated heterocycles. The van der Waals surface area contributed by atoms with Gasteiger partial charge in [-0.3, -0.25) is 0 Å². The van der Waals surface area contributed by atoms with E-state index in [0.29, 0.717) is 0 Å². The Hall–Kier alpha value is -0.550. The third-order valence-electron chi connectivity index (χ3n) is 2.83. The van der Waals surface area contributed by atoms with Gasteiger partial charge in [-0.2, -0.15) is 0 Å². The van der Waals surface area contributed by atoms with E-state index in [1.165, 1.54) is 4.88 Å². The average molecular weight is 332 g/mol. The minimum absolute atomic E-state index is 0.161. The zero-order valence-electron chi connectivity index (χ0n) is 10.9. The SMILES string of the molecule is CC(C)(C)OC(=O)N1CCC[C@H]1c1sccc1Br. The molecule has 0 spiro atoms. The molecular weight excluding hydrogens is 314 g/mol. The fourth-order valence-electron chi connectivity index (χ4n) is 2.12. The largest absolute Gasteiger partial charge is 0.444 e. The third kappa shape index (κ3) is 3.06. The minimum atomic E-state index is -0.434. The van der Waals surface area contributed by atoms with Gasteiger partial charge in [0, 0.05) is 15.9 Å². The van der Waals surface area contributed by atoms with Crippen molar-refractivity contribution in [2.75, 3.05) is 6.54 Å². The Morgan fingerprint density at radius 2 is 2.28 bits per heavy atom. The second-order valence-electron chi connectivity index (χ2n) is 5.46. The first-order valence-electron chi connectivity index (χ1n) is 6.11. The number of rotatable bonds is 1. The predicted octanol–water partition coefficient (Wildman–Crippen LogP) is 4.58. The van der Waals surface area contributed by atoms with Crippen LogP contribution in [0.25, 0.3) is 0 Å². The number of nitrogens with zero attached hydrogens (tertiary/aromatic N) is 1. The van der Waals surface area contributed by atoms with E-state index in [1.807, 2.05) is 37.1 Å². The number of hydrogen-bond donors (Lipinski definition) is 0. The lowest BCUT2D eigenvalue weighted by molar-refractivity contribution is 0.0226. The molecule has 18 heavy (non-hydrogen) atoms.